The van der Waals surface area contributed by atoms with Crippen molar-refractivity contribution in [3.05, 3.63) is 42.0 Å². The zero-order valence-corrected chi connectivity index (χ0v) is 9.95. The van der Waals surface area contributed by atoms with E-state index in [2.05, 4.69) is 11.2 Å². The van der Waals surface area contributed by atoms with Gasteiger partial charge in [0, 0.05) is 0 Å². The quantitative estimate of drug-likeness (QED) is 0.385. The van der Waals surface area contributed by atoms with Gasteiger partial charge in [0.1, 0.15) is 5.75 Å². The third-order valence-corrected chi connectivity index (χ3v) is 2.84. The highest BCUT2D eigenvalue weighted by molar-refractivity contribution is 5.80. The third kappa shape index (κ3) is 3.45. The molecule has 1 aliphatic rings. The number of hydrogen-bond acceptors (Lipinski definition) is 4. The summed E-state index contributed by atoms with van der Waals surface area (Å²) in [5.74, 6) is -0.167. The van der Waals surface area contributed by atoms with Crippen LogP contribution in [0.2, 0.25) is 0 Å². The van der Waals surface area contributed by atoms with Crippen molar-refractivity contribution >= 4 is 12.2 Å². The SMILES string of the molecule is O=C(O/N=C/c1ccc(O)cc1)C1CC=CCC1. The average Bonchev–Trinajstić information content (AvgIpc) is 2.42. The molecule has 1 aromatic rings. The first-order chi connectivity index (χ1) is 8.75. The van der Waals surface area contributed by atoms with Crippen molar-refractivity contribution in [3.8, 4) is 5.75 Å². The standard InChI is InChI=1S/C14H15NO3/c16-13-8-6-11(7-9-13)10-15-18-14(17)12-4-2-1-3-5-12/h1-2,6-10,12,16H,3-5H2/b15-10+. The molecule has 0 bridgehead atoms. The number of aromatic hydroxyl groups is 1. The van der Waals surface area contributed by atoms with Gasteiger partial charge in [0.2, 0.25) is 0 Å². The first-order valence-electron chi connectivity index (χ1n) is 5.94. The van der Waals surface area contributed by atoms with Crippen molar-refractivity contribution in [2.45, 2.75) is 19.3 Å². The summed E-state index contributed by atoms with van der Waals surface area (Å²) in [5, 5.41) is 12.8. The lowest BCUT2D eigenvalue weighted by molar-refractivity contribution is -0.148. The predicted molar refractivity (Wildman–Crippen MR) is 68.3 cm³/mol. The van der Waals surface area contributed by atoms with Crippen molar-refractivity contribution in [2.24, 2.45) is 11.1 Å². The molecule has 1 aliphatic carbocycles. The first-order valence-corrected chi connectivity index (χ1v) is 5.94. The van der Waals surface area contributed by atoms with E-state index in [1.54, 1.807) is 24.3 Å². The molecule has 1 N–H and O–H groups in total. The van der Waals surface area contributed by atoms with E-state index >= 15 is 0 Å². The second-order valence-corrected chi connectivity index (χ2v) is 4.22. The first kappa shape index (κ1) is 12.4. The fourth-order valence-electron chi connectivity index (χ4n) is 1.78. The molecule has 0 heterocycles. The lowest BCUT2D eigenvalue weighted by Gasteiger charge is -2.13. The zero-order valence-electron chi connectivity index (χ0n) is 9.95. The van der Waals surface area contributed by atoms with Crippen LogP contribution in [0, 0.1) is 5.92 Å². The van der Waals surface area contributed by atoms with Crippen molar-refractivity contribution in [3.63, 3.8) is 0 Å². The number of rotatable bonds is 3. The summed E-state index contributed by atoms with van der Waals surface area (Å²) in [7, 11) is 0. The van der Waals surface area contributed by atoms with Crippen molar-refractivity contribution in [1.82, 2.24) is 0 Å². The van der Waals surface area contributed by atoms with Crippen LogP contribution in [0.4, 0.5) is 0 Å². The molecule has 0 amide bonds. The van der Waals surface area contributed by atoms with Crippen LogP contribution < -0.4 is 0 Å². The maximum Gasteiger partial charge on any atom is 0.338 e. The Morgan fingerprint density at radius 1 is 1.33 bits per heavy atom. The van der Waals surface area contributed by atoms with Gasteiger partial charge in [-0.1, -0.05) is 17.3 Å². The number of oxime groups is 1. The Balaban J connectivity index is 1.85. The van der Waals surface area contributed by atoms with Crippen LogP contribution in [0.1, 0.15) is 24.8 Å². The predicted octanol–water partition coefficient (Wildman–Crippen LogP) is 2.63. The van der Waals surface area contributed by atoms with Crippen LogP contribution in [0.15, 0.2) is 41.6 Å². The van der Waals surface area contributed by atoms with Crippen LogP contribution in [-0.4, -0.2) is 17.3 Å². The molecular weight excluding hydrogens is 230 g/mol. The van der Waals surface area contributed by atoms with E-state index in [9.17, 15) is 4.79 Å². The van der Waals surface area contributed by atoms with Crippen LogP contribution in [0.3, 0.4) is 0 Å². The molecule has 0 spiro atoms. The third-order valence-electron chi connectivity index (χ3n) is 2.84. The van der Waals surface area contributed by atoms with Gasteiger partial charge in [-0.2, -0.15) is 0 Å². The molecular formula is C14H15NO3. The largest absolute Gasteiger partial charge is 0.508 e. The minimum absolute atomic E-state index is 0.0769. The fourth-order valence-corrected chi connectivity index (χ4v) is 1.78. The number of carbonyl (C=O) groups excluding carboxylic acids is 1. The molecule has 0 saturated carbocycles. The van der Waals surface area contributed by atoms with Gasteiger partial charge in [0.25, 0.3) is 0 Å². The Labute approximate surface area is 106 Å². The molecule has 0 aromatic heterocycles. The normalized spacial score (nSPS) is 19.0. The number of phenols is 1. The van der Waals surface area contributed by atoms with E-state index in [1.165, 1.54) is 6.21 Å². The monoisotopic (exact) mass is 245 g/mol. The maximum atomic E-state index is 11.6. The summed E-state index contributed by atoms with van der Waals surface area (Å²) < 4.78 is 0. The molecule has 4 nitrogen and oxygen atoms in total. The second kappa shape index (κ2) is 6.00. The topological polar surface area (TPSA) is 58.9 Å². The number of nitrogens with zero attached hydrogens (tertiary/aromatic N) is 1. The average molecular weight is 245 g/mol. The van der Waals surface area contributed by atoms with E-state index in [0.29, 0.717) is 0 Å². The Kier molecular flexibility index (Phi) is 4.12. The Morgan fingerprint density at radius 2 is 2.11 bits per heavy atom. The molecule has 18 heavy (non-hydrogen) atoms. The molecule has 0 saturated heterocycles. The maximum absolute atomic E-state index is 11.6. The summed E-state index contributed by atoms with van der Waals surface area (Å²) in [6.45, 7) is 0. The van der Waals surface area contributed by atoms with Crippen LogP contribution in [-0.2, 0) is 9.63 Å². The Morgan fingerprint density at radius 3 is 2.78 bits per heavy atom. The number of benzene rings is 1. The summed E-state index contributed by atoms with van der Waals surface area (Å²) in [6.07, 6.45) is 8.00. The van der Waals surface area contributed by atoms with Crippen molar-refractivity contribution < 1.29 is 14.7 Å². The summed E-state index contributed by atoms with van der Waals surface area (Å²) in [4.78, 5) is 16.5. The van der Waals surface area contributed by atoms with Gasteiger partial charge < -0.3 is 9.94 Å². The summed E-state index contributed by atoms with van der Waals surface area (Å²) >= 11 is 0. The highest BCUT2D eigenvalue weighted by Crippen LogP contribution is 2.19. The summed E-state index contributed by atoms with van der Waals surface area (Å²) in [5.41, 5.74) is 0.768. The van der Waals surface area contributed by atoms with Crippen molar-refractivity contribution in [2.75, 3.05) is 0 Å². The van der Waals surface area contributed by atoms with Crippen molar-refractivity contribution in [1.29, 1.82) is 0 Å². The minimum atomic E-state index is -0.283. The van der Waals surface area contributed by atoms with E-state index in [0.717, 1.165) is 24.8 Å². The molecule has 2 rings (SSSR count). The van der Waals surface area contributed by atoms with Gasteiger partial charge in [0.15, 0.2) is 0 Å². The molecule has 1 unspecified atom stereocenters. The second-order valence-electron chi connectivity index (χ2n) is 4.22. The molecule has 1 aromatic carbocycles. The van der Waals surface area contributed by atoms with Crippen LogP contribution in [0.5, 0.6) is 5.75 Å². The highest BCUT2D eigenvalue weighted by atomic mass is 16.7. The van der Waals surface area contributed by atoms with Gasteiger partial charge in [-0.05, 0) is 49.1 Å². The number of hydrogen-bond donors (Lipinski definition) is 1. The lowest BCUT2D eigenvalue weighted by atomic mass is 9.95. The van der Waals surface area contributed by atoms with E-state index in [-0.39, 0.29) is 17.6 Å². The summed E-state index contributed by atoms with van der Waals surface area (Å²) in [6, 6.07) is 6.48. The Bertz CT molecular complexity index is 462. The number of carbonyl (C=O) groups is 1. The van der Waals surface area contributed by atoms with E-state index in [1.807, 2.05) is 6.08 Å². The van der Waals surface area contributed by atoms with Crippen LogP contribution in [0.25, 0.3) is 0 Å². The van der Waals surface area contributed by atoms with Gasteiger partial charge in [-0.25, -0.2) is 4.79 Å². The van der Waals surface area contributed by atoms with Crippen LogP contribution >= 0.6 is 0 Å². The van der Waals surface area contributed by atoms with E-state index in [4.69, 9.17) is 9.94 Å². The van der Waals surface area contributed by atoms with Gasteiger partial charge >= 0.3 is 5.97 Å². The van der Waals surface area contributed by atoms with Gasteiger partial charge in [-0.15, -0.1) is 0 Å². The molecule has 94 valence electrons. The lowest BCUT2D eigenvalue weighted by Crippen LogP contribution is -2.16. The fraction of sp³-hybridized carbons (Fsp3) is 0.286. The molecule has 0 radical (unpaired) electrons. The molecule has 0 fully saturated rings. The van der Waals surface area contributed by atoms with E-state index < -0.39 is 0 Å². The highest BCUT2D eigenvalue weighted by Gasteiger charge is 2.20. The molecule has 0 aliphatic heterocycles. The molecule has 4 heteroatoms. The van der Waals surface area contributed by atoms with Gasteiger partial charge in [0.05, 0.1) is 12.1 Å². The number of allylic oxidation sites excluding steroid dienone is 2. The zero-order chi connectivity index (χ0) is 12.8. The molecule has 1 atom stereocenters. The minimum Gasteiger partial charge on any atom is -0.508 e. The number of phenolic OH excluding ortho intramolecular Hbond substituents is 1. The van der Waals surface area contributed by atoms with Gasteiger partial charge in [-0.3, -0.25) is 0 Å². The Hall–Kier alpha value is -2.10. The smallest absolute Gasteiger partial charge is 0.338 e.